The minimum atomic E-state index is -3.13. The van der Waals surface area contributed by atoms with E-state index < -0.39 is 8.80 Å². The number of rotatable bonds is 9. The van der Waals surface area contributed by atoms with Gasteiger partial charge in [-0.2, -0.15) is 0 Å². The third-order valence-corrected chi connectivity index (χ3v) is 6.18. The van der Waals surface area contributed by atoms with Gasteiger partial charge in [0.1, 0.15) is 22.7 Å². The molecule has 0 aliphatic heterocycles. The molecule has 26 heavy (non-hydrogen) atoms. The van der Waals surface area contributed by atoms with Crippen LogP contribution >= 0.6 is 0 Å². The largest absolute Gasteiger partial charge is 0.541 e. The van der Waals surface area contributed by atoms with Gasteiger partial charge in [0.2, 0.25) is 0 Å². The average Bonchev–Trinajstić information content (AvgIpc) is 2.46. The molecule has 5 nitrogen and oxygen atoms in total. The molecule has 0 heterocycles. The Kier molecular flexibility index (Phi) is 8.14. The first-order valence-corrected chi connectivity index (χ1v) is 11.1. The molecule has 6 heteroatoms. The van der Waals surface area contributed by atoms with E-state index in [0.29, 0.717) is 25.6 Å². The van der Waals surface area contributed by atoms with Crippen molar-refractivity contribution in [3.8, 4) is 11.5 Å². The number of benzene rings is 1. The molecule has 0 fully saturated rings. The van der Waals surface area contributed by atoms with Crippen LogP contribution in [0.4, 0.5) is 0 Å². The minimum Gasteiger partial charge on any atom is -0.488 e. The first-order valence-electron chi connectivity index (χ1n) is 9.40. The third-order valence-electron chi connectivity index (χ3n) is 3.12. The first-order chi connectivity index (χ1) is 12.0. The van der Waals surface area contributed by atoms with Crippen molar-refractivity contribution in [1.29, 1.82) is 0 Å². The fourth-order valence-corrected chi connectivity index (χ4v) is 5.12. The Hall–Kier alpha value is -1.08. The van der Waals surface area contributed by atoms with Crippen LogP contribution < -0.4 is 14.7 Å². The third kappa shape index (κ3) is 6.91. The van der Waals surface area contributed by atoms with E-state index in [1.165, 1.54) is 0 Å². The fourth-order valence-electron chi connectivity index (χ4n) is 2.51. The molecule has 0 bridgehead atoms. The predicted octanol–water partition coefficient (Wildman–Crippen LogP) is 4.30. The summed E-state index contributed by atoms with van der Waals surface area (Å²) in [6, 6.07) is 5.78. The summed E-state index contributed by atoms with van der Waals surface area (Å²) in [5.74, 6) is 1.45. The summed E-state index contributed by atoms with van der Waals surface area (Å²) < 4.78 is 30.5. The van der Waals surface area contributed by atoms with Crippen molar-refractivity contribution in [1.82, 2.24) is 0 Å². The van der Waals surface area contributed by atoms with Crippen LogP contribution in [-0.4, -0.2) is 39.8 Å². The Morgan fingerprint density at radius 3 is 1.58 bits per heavy atom. The summed E-state index contributed by atoms with van der Waals surface area (Å²) in [5, 5.41) is 0.805. The summed E-state index contributed by atoms with van der Waals surface area (Å²) in [5.41, 5.74) is -0.664. The zero-order chi connectivity index (χ0) is 20.0. The van der Waals surface area contributed by atoms with Crippen LogP contribution in [0.3, 0.4) is 0 Å². The molecule has 0 aromatic heterocycles. The van der Waals surface area contributed by atoms with Crippen molar-refractivity contribution in [2.45, 2.75) is 73.5 Å². The Labute approximate surface area is 160 Å². The van der Waals surface area contributed by atoms with E-state index in [0.717, 1.165) is 10.9 Å². The van der Waals surface area contributed by atoms with Gasteiger partial charge in [-0.3, -0.25) is 0 Å². The monoisotopic (exact) mass is 384 g/mol. The zero-order valence-electron chi connectivity index (χ0n) is 17.9. The van der Waals surface area contributed by atoms with Crippen LogP contribution in [0.1, 0.15) is 62.3 Å². The van der Waals surface area contributed by atoms with Crippen LogP contribution in [0.5, 0.6) is 11.5 Å². The normalized spacial score (nSPS) is 13.0. The molecular weight excluding hydrogens is 348 g/mol. The van der Waals surface area contributed by atoms with Crippen LogP contribution in [0.15, 0.2) is 18.2 Å². The van der Waals surface area contributed by atoms with E-state index in [1.807, 2.05) is 80.5 Å². The Bertz CT molecular complexity index is 543. The zero-order valence-corrected chi connectivity index (χ0v) is 18.9. The van der Waals surface area contributed by atoms with E-state index in [-0.39, 0.29) is 11.2 Å². The molecule has 0 atom stereocenters. The SMILES string of the molecule is CCO[Si](OCC)(OCC)c1cc(OC(C)(C)C)ccc1OC(C)(C)C. The van der Waals surface area contributed by atoms with E-state index in [1.54, 1.807) is 0 Å². The predicted molar refractivity (Wildman–Crippen MR) is 107 cm³/mol. The molecule has 0 saturated heterocycles. The van der Waals surface area contributed by atoms with Crippen molar-refractivity contribution in [3.63, 3.8) is 0 Å². The van der Waals surface area contributed by atoms with Crippen molar-refractivity contribution < 1.29 is 22.8 Å². The van der Waals surface area contributed by atoms with Gasteiger partial charge in [0.15, 0.2) is 0 Å². The Morgan fingerprint density at radius 1 is 0.731 bits per heavy atom. The highest BCUT2D eigenvalue weighted by molar-refractivity contribution is 6.76. The topological polar surface area (TPSA) is 46.2 Å². The maximum absolute atomic E-state index is 6.20. The molecule has 150 valence electrons. The van der Waals surface area contributed by atoms with Gasteiger partial charge in [0.25, 0.3) is 0 Å². The van der Waals surface area contributed by atoms with E-state index in [9.17, 15) is 0 Å². The highest BCUT2D eigenvalue weighted by atomic mass is 28.4. The van der Waals surface area contributed by atoms with Crippen molar-refractivity contribution in [2.75, 3.05) is 19.8 Å². The lowest BCUT2D eigenvalue weighted by molar-refractivity contribution is 0.0824. The smallest absolute Gasteiger partial charge is 0.488 e. The van der Waals surface area contributed by atoms with Gasteiger partial charge in [-0.15, -0.1) is 0 Å². The van der Waals surface area contributed by atoms with Gasteiger partial charge in [-0.25, -0.2) is 0 Å². The summed E-state index contributed by atoms with van der Waals surface area (Å²) in [4.78, 5) is 0. The molecule has 0 aliphatic rings. The molecule has 0 radical (unpaired) electrons. The molecule has 0 amide bonds. The van der Waals surface area contributed by atoms with Gasteiger partial charge in [-0.05, 0) is 80.5 Å². The van der Waals surface area contributed by atoms with Gasteiger partial charge >= 0.3 is 8.80 Å². The lowest BCUT2D eigenvalue weighted by Gasteiger charge is -2.32. The van der Waals surface area contributed by atoms with Gasteiger partial charge in [0.05, 0.1) is 5.19 Å². The molecule has 1 aromatic rings. The fraction of sp³-hybridized carbons (Fsp3) is 0.700. The standard InChI is InChI=1S/C20H36O5Si/c1-10-21-26(22-11-2,23-12-3)18-15-16(24-19(4,5)6)13-14-17(18)25-20(7,8)9/h13-15H,10-12H2,1-9H3. The van der Waals surface area contributed by atoms with Crippen LogP contribution in [0.25, 0.3) is 0 Å². The molecule has 0 spiro atoms. The highest BCUT2D eigenvalue weighted by Crippen LogP contribution is 2.27. The van der Waals surface area contributed by atoms with Crippen molar-refractivity contribution in [3.05, 3.63) is 18.2 Å². The van der Waals surface area contributed by atoms with Crippen LogP contribution in [-0.2, 0) is 13.3 Å². The number of hydrogen-bond acceptors (Lipinski definition) is 5. The number of hydrogen-bond donors (Lipinski definition) is 0. The molecule has 0 N–H and O–H groups in total. The lowest BCUT2D eigenvalue weighted by Crippen LogP contribution is -2.57. The quantitative estimate of drug-likeness (QED) is 0.594. The van der Waals surface area contributed by atoms with Crippen LogP contribution in [0, 0.1) is 0 Å². The van der Waals surface area contributed by atoms with E-state index >= 15 is 0 Å². The van der Waals surface area contributed by atoms with Gasteiger partial charge < -0.3 is 22.8 Å². The van der Waals surface area contributed by atoms with Crippen molar-refractivity contribution >= 4 is 14.0 Å². The van der Waals surface area contributed by atoms with E-state index in [4.69, 9.17) is 22.8 Å². The lowest BCUT2D eigenvalue weighted by atomic mass is 10.2. The average molecular weight is 385 g/mol. The molecular formula is C20H36O5Si. The summed E-state index contributed by atoms with van der Waals surface area (Å²) >= 11 is 0. The molecule has 0 aliphatic carbocycles. The summed E-state index contributed by atoms with van der Waals surface area (Å²) in [6.07, 6.45) is 0. The second kappa shape index (κ2) is 9.22. The second-order valence-corrected chi connectivity index (χ2v) is 10.5. The summed E-state index contributed by atoms with van der Waals surface area (Å²) in [6.45, 7) is 19.4. The highest BCUT2D eigenvalue weighted by Gasteiger charge is 2.46. The van der Waals surface area contributed by atoms with Crippen LogP contribution in [0.2, 0.25) is 0 Å². The maximum Gasteiger partial charge on any atom is 0.541 e. The molecule has 1 rings (SSSR count). The maximum atomic E-state index is 6.20. The van der Waals surface area contributed by atoms with Gasteiger partial charge in [0, 0.05) is 19.8 Å². The van der Waals surface area contributed by atoms with Gasteiger partial charge in [-0.1, -0.05) is 0 Å². The second-order valence-electron chi connectivity index (χ2n) is 7.94. The Morgan fingerprint density at radius 2 is 1.19 bits per heavy atom. The first kappa shape index (κ1) is 23.0. The molecule has 0 saturated carbocycles. The number of ether oxygens (including phenoxy) is 2. The van der Waals surface area contributed by atoms with Crippen molar-refractivity contribution in [2.24, 2.45) is 0 Å². The minimum absolute atomic E-state index is 0.309. The Balaban J connectivity index is 3.53. The van der Waals surface area contributed by atoms with E-state index in [2.05, 4.69) is 0 Å². The molecule has 1 aromatic carbocycles. The molecule has 0 unspecified atom stereocenters. The summed E-state index contributed by atoms with van der Waals surface area (Å²) in [7, 11) is -3.13.